The zero-order valence-corrected chi connectivity index (χ0v) is 13.3. The van der Waals surface area contributed by atoms with Gasteiger partial charge in [-0.25, -0.2) is 0 Å². The van der Waals surface area contributed by atoms with Gasteiger partial charge in [0.05, 0.1) is 6.61 Å². The maximum Gasteiger partial charge on any atom is 0.119 e. The van der Waals surface area contributed by atoms with Crippen LogP contribution in [-0.4, -0.2) is 37.2 Å². The minimum absolute atomic E-state index is 0.413. The van der Waals surface area contributed by atoms with E-state index in [4.69, 9.17) is 4.74 Å². The highest BCUT2D eigenvalue weighted by Crippen LogP contribution is 2.31. The average molecular weight is 288 g/mol. The van der Waals surface area contributed by atoms with E-state index >= 15 is 0 Å². The average Bonchev–Trinajstić information content (AvgIpc) is 3.25. The van der Waals surface area contributed by atoms with Crippen molar-refractivity contribution < 1.29 is 4.74 Å². The summed E-state index contributed by atoms with van der Waals surface area (Å²) in [4.78, 5) is 2.69. The maximum atomic E-state index is 5.50. The topological polar surface area (TPSA) is 24.5 Å². The molecule has 2 unspecified atom stereocenters. The number of hydrogen-bond donors (Lipinski definition) is 1. The number of rotatable bonds is 7. The summed E-state index contributed by atoms with van der Waals surface area (Å²) in [6.07, 6.45) is 4.23. The largest absolute Gasteiger partial charge is 0.494 e. The van der Waals surface area contributed by atoms with Crippen LogP contribution in [-0.2, 0) is 0 Å². The Morgan fingerprint density at radius 3 is 2.67 bits per heavy atom. The molecule has 0 amide bonds. The van der Waals surface area contributed by atoms with Gasteiger partial charge in [-0.3, -0.25) is 0 Å². The third kappa shape index (κ3) is 3.98. The zero-order chi connectivity index (χ0) is 14.7. The Balaban J connectivity index is 1.44. The van der Waals surface area contributed by atoms with Crippen LogP contribution in [0.25, 0.3) is 0 Å². The van der Waals surface area contributed by atoms with Crippen molar-refractivity contribution in [3.05, 3.63) is 29.8 Å². The van der Waals surface area contributed by atoms with E-state index in [1.165, 1.54) is 37.9 Å². The molecular formula is C18H28N2O. The summed E-state index contributed by atoms with van der Waals surface area (Å²) in [5, 5.41) is 3.70. The van der Waals surface area contributed by atoms with Crippen molar-refractivity contribution in [1.82, 2.24) is 10.2 Å². The van der Waals surface area contributed by atoms with E-state index in [0.717, 1.165) is 30.9 Å². The minimum atomic E-state index is 0.413. The van der Waals surface area contributed by atoms with E-state index in [1.807, 2.05) is 6.92 Å². The van der Waals surface area contributed by atoms with E-state index in [1.54, 1.807) is 0 Å². The molecule has 1 aromatic rings. The van der Waals surface area contributed by atoms with Gasteiger partial charge in [0, 0.05) is 18.6 Å². The molecular weight excluding hydrogens is 260 g/mol. The van der Waals surface area contributed by atoms with Crippen molar-refractivity contribution in [1.29, 1.82) is 0 Å². The normalized spacial score (nSPS) is 24.2. The molecule has 1 N–H and O–H groups in total. The summed E-state index contributed by atoms with van der Waals surface area (Å²) < 4.78 is 5.50. The molecule has 0 spiro atoms. The van der Waals surface area contributed by atoms with Gasteiger partial charge in [-0.05, 0) is 69.8 Å². The SMILES string of the molecule is CCOc1ccc(C(C)NCC2CCN(C3CC3)C2)cc1. The van der Waals surface area contributed by atoms with Crippen LogP contribution in [0.1, 0.15) is 44.7 Å². The third-order valence-corrected chi connectivity index (χ3v) is 4.78. The predicted molar refractivity (Wildman–Crippen MR) is 86.7 cm³/mol. The van der Waals surface area contributed by atoms with Gasteiger partial charge in [0.2, 0.25) is 0 Å². The molecule has 0 radical (unpaired) electrons. The summed E-state index contributed by atoms with van der Waals surface area (Å²) in [6, 6.07) is 9.83. The monoisotopic (exact) mass is 288 g/mol. The van der Waals surface area contributed by atoms with Crippen LogP contribution in [0.3, 0.4) is 0 Å². The van der Waals surface area contributed by atoms with Crippen LogP contribution < -0.4 is 10.1 Å². The predicted octanol–water partition coefficient (Wildman–Crippen LogP) is 3.22. The Labute approximate surface area is 128 Å². The standard InChI is InChI=1S/C18H28N2O/c1-3-21-18-8-4-16(5-9-18)14(2)19-12-15-10-11-20(13-15)17-6-7-17/h4-5,8-9,14-15,17,19H,3,6-7,10-13H2,1-2H3. The van der Waals surface area contributed by atoms with Crippen LogP contribution in [0.5, 0.6) is 5.75 Å². The first-order valence-electron chi connectivity index (χ1n) is 8.46. The van der Waals surface area contributed by atoms with Crippen LogP contribution in [0.4, 0.5) is 0 Å². The van der Waals surface area contributed by atoms with Gasteiger partial charge in [-0.1, -0.05) is 12.1 Å². The van der Waals surface area contributed by atoms with Crippen LogP contribution in [0.2, 0.25) is 0 Å². The summed E-state index contributed by atoms with van der Waals surface area (Å²) in [6.45, 7) is 8.75. The number of nitrogens with one attached hydrogen (secondary N) is 1. The van der Waals surface area contributed by atoms with Crippen molar-refractivity contribution in [3.63, 3.8) is 0 Å². The van der Waals surface area contributed by atoms with Crippen molar-refractivity contribution >= 4 is 0 Å². The van der Waals surface area contributed by atoms with Crippen LogP contribution >= 0.6 is 0 Å². The lowest BCUT2D eigenvalue weighted by Gasteiger charge is -2.19. The van der Waals surface area contributed by atoms with E-state index < -0.39 is 0 Å². The maximum absolute atomic E-state index is 5.50. The fourth-order valence-corrected chi connectivity index (χ4v) is 3.28. The fraction of sp³-hybridized carbons (Fsp3) is 0.667. The first-order valence-corrected chi connectivity index (χ1v) is 8.46. The summed E-state index contributed by atoms with van der Waals surface area (Å²) >= 11 is 0. The Hall–Kier alpha value is -1.06. The van der Waals surface area contributed by atoms with Gasteiger partial charge < -0.3 is 15.0 Å². The molecule has 0 bridgehead atoms. The summed E-state index contributed by atoms with van der Waals surface area (Å²) in [7, 11) is 0. The number of nitrogens with zero attached hydrogens (tertiary/aromatic N) is 1. The highest BCUT2D eigenvalue weighted by atomic mass is 16.5. The number of hydrogen-bond acceptors (Lipinski definition) is 3. The summed E-state index contributed by atoms with van der Waals surface area (Å²) in [5.74, 6) is 1.79. The first kappa shape index (κ1) is 14.9. The Bertz CT molecular complexity index is 441. The third-order valence-electron chi connectivity index (χ3n) is 4.78. The number of ether oxygens (including phenoxy) is 1. The van der Waals surface area contributed by atoms with Gasteiger partial charge in [0.1, 0.15) is 5.75 Å². The van der Waals surface area contributed by atoms with E-state index in [2.05, 4.69) is 41.4 Å². The molecule has 2 atom stereocenters. The molecule has 1 saturated heterocycles. The molecule has 1 heterocycles. The summed E-state index contributed by atoms with van der Waals surface area (Å²) in [5.41, 5.74) is 1.34. The molecule has 1 aliphatic heterocycles. The number of likely N-dealkylation sites (tertiary alicyclic amines) is 1. The molecule has 3 rings (SSSR count). The van der Waals surface area contributed by atoms with Gasteiger partial charge >= 0.3 is 0 Å². The van der Waals surface area contributed by atoms with E-state index in [9.17, 15) is 0 Å². The van der Waals surface area contributed by atoms with Crippen molar-refractivity contribution in [2.45, 2.75) is 45.2 Å². The first-order chi connectivity index (χ1) is 10.3. The minimum Gasteiger partial charge on any atom is -0.494 e. The molecule has 116 valence electrons. The van der Waals surface area contributed by atoms with Crippen LogP contribution in [0.15, 0.2) is 24.3 Å². The smallest absolute Gasteiger partial charge is 0.119 e. The highest BCUT2D eigenvalue weighted by Gasteiger charge is 2.34. The second kappa shape index (κ2) is 6.80. The van der Waals surface area contributed by atoms with Gasteiger partial charge in [-0.2, -0.15) is 0 Å². The van der Waals surface area contributed by atoms with Gasteiger partial charge in [-0.15, -0.1) is 0 Å². The Morgan fingerprint density at radius 2 is 2.00 bits per heavy atom. The van der Waals surface area contributed by atoms with Crippen LogP contribution in [0, 0.1) is 5.92 Å². The zero-order valence-electron chi connectivity index (χ0n) is 13.3. The lowest BCUT2D eigenvalue weighted by molar-refractivity contribution is 0.310. The van der Waals surface area contributed by atoms with Crippen molar-refractivity contribution in [2.24, 2.45) is 5.92 Å². The Morgan fingerprint density at radius 1 is 1.24 bits per heavy atom. The molecule has 3 heteroatoms. The lowest BCUT2D eigenvalue weighted by atomic mass is 10.1. The molecule has 21 heavy (non-hydrogen) atoms. The van der Waals surface area contributed by atoms with E-state index in [-0.39, 0.29) is 0 Å². The quantitative estimate of drug-likeness (QED) is 0.834. The molecule has 0 aromatic heterocycles. The van der Waals surface area contributed by atoms with E-state index in [0.29, 0.717) is 6.04 Å². The van der Waals surface area contributed by atoms with Gasteiger partial charge in [0.15, 0.2) is 0 Å². The lowest BCUT2D eigenvalue weighted by Crippen LogP contribution is -2.29. The molecule has 2 fully saturated rings. The second-order valence-corrected chi connectivity index (χ2v) is 6.51. The second-order valence-electron chi connectivity index (χ2n) is 6.51. The molecule has 3 nitrogen and oxygen atoms in total. The molecule has 1 aliphatic carbocycles. The van der Waals surface area contributed by atoms with Gasteiger partial charge in [0.25, 0.3) is 0 Å². The Kier molecular flexibility index (Phi) is 4.81. The molecule has 2 aliphatic rings. The van der Waals surface area contributed by atoms with Crippen molar-refractivity contribution in [3.8, 4) is 5.75 Å². The number of benzene rings is 1. The van der Waals surface area contributed by atoms with Crippen molar-refractivity contribution in [2.75, 3.05) is 26.2 Å². The molecule has 1 saturated carbocycles. The fourth-order valence-electron chi connectivity index (χ4n) is 3.28. The highest BCUT2D eigenvalue weighted by molar-refractivity contribution is 5.28. The molecule has 1 aromatic carbocycles.